The fraction of sp³-hybridized carbons (Fsp3) is 0.0435. The highest BCUT2D eigenvalue weighted by Crippen LogP contribution is 2.31. The minimum absolute atomic E-state index is 0.00584. The third-order valence-corrected chi connectivity index (χ3v) is 5.33. The lowest BCUT2D eigenvalue weighted by molar-refractivity contribution is -0.384. The van der Waals surface area contributed by atoms with E-state index in [-0.39, 0.29) is 17.3 Å². The number of aliphatic imine (C=N–C) groups is 1. The molecular weight excluding hydrogens is 446 g/mol. The molecule has 0 unspecified atom stereocenters. The molecule has 3 aromatic rings. The van der Waals surface area contributed by atoms with Crippen molar-refractivity contribution in [1.82, 2.24) is 0 Å². The van der Waals surface area contributed by atoms with E-state index in [4.69, 9.17) is 0 Å². The van der Waals surface area contributed by atoms with Crippen LogP contribution >= 0.6 is 15.9 Å². The van der Waals surface area contributed by atoms with Gasteiger partial charge in [-0.2, -0.15) is 0 Å². The van der Waals surface area contributed by atoms with Crippen molar-refractivity contribution < 1.29 is 9.72 Å². The van der Waals surface area contributed by atoms with E-state index in [0.717, 1.165) is 21.3 Å². The highest BCUT2D eigenvalue weighted by Gasteiger charge is 2.33. The molecule has 30 heavy (non-hydrogen) atoms. The number of halogens is 1. The van der Waals surface area contributed by atoms with Gasteiger partial charge in [0.25, 0.3) is 11.6 Å². The van der Waals surface area contributed by atoms with Crippen LogP contribution in [-0.2, 0) is 4.79 Å². The van der Waals surface area contributed by atoms with Crippen molar-refractivity contribution in [1.29, 1.82) is 0 Å². The minimum Gasteiger partial charge on any atom is -0.266 e. The third kappa shape index (κ3) is 3.79. The van der Waals surface area contributed by atoms with Gasteiger partial charge in [-0.15, -0.1) is 0 Å². The number of aryl methyl sites for hydroxylation is 1. The first-order chi connectivity index (χ1) is 14.4. The lowest BCUT2D eigenvalue weighted by atomic mass is 10.1. The smallest absolute Gasteiger partial charge is 0.266 e. The Morgan fingerprint density at radius 3 is 2.43 bits per heavy atom. The van der Waals surface area contributed by atoms with Gasteiger partial charge in [-0.05, 0) is 54.5 Å². The fourth-order valence-corrected chi connectivity index (χ4v) is 3.66. The first kappa shape index (κ1) is 19.7. The zero-order valence-electron chi connectivity index (χ0n) is 15.9. The summed E-state index contributed by atoms with van der Waals surface area (Å²) in [5.41, 5.74) is 3.45. The molecule has 0 saturated carbocycles. The minimum atomic E-state index is -0.458. The van der Waals surface area contributed by atoms with E-state index in [2.05, 4.69) is 20.9 Å². The summed E-state index contributed by atoms with van der Waals surface area (Å²) in [6.45, 7) is 1.97. The third-order valence-electron chi connectivity index (χ3n) is 4.64. The molecule has 148 valence electrons. The van der Waals surface area contributed by atoms with Crippen molar-refractivity contribution in [3.8, 4) is 0 Å². The fourth-order valence-electron chi connectivity index (χ4n) is 3.20. The molecule has 1 aliphatic heterocycles. The van der Waals surface area contributed by atoms with E-state index in [9.17, 15) is 14.9 Å². The molecule has 3 aromatic carbocycles. The Morgan fingerprint density at radius 1 is 1.03 bits per heavy atom. The number of carbonyl (C=O) groups excluding carboxylic acids is 1. The average molecular weight is 462 g/mol. The van der Waals surface area contributed by atoms with E-state index >= 15 is 0 Å². The van der Waals surface area contributed by atoms with Crippen LogP contribution in [0.1, 0.15) is 16.7 Å². The number of benzene rings is 3. The molecule has 0 aromatic heterocycles. The number of anilines is 1. The van der Waals surface area contributed by atoms with E-state index in [1.54, 1.807) is 23.1 Å². The Balaban J connectivity index is 1.82. The molecule has 7 heteroatoms. The molecule has 0 radical (unpaired) electrons. The molecule has 4 rings (SSSR count). The molecular formula is C23H16BrN3O3. The number of carbonyl (C=O) groups is 1. The summed E-state index contributed by atoms with van der Waals surface area (Å²) in [5, 5.41) is 10.9. The number of amidine groups is 1. The van der Waals surface area contributed by atoms with Gasteiger partial charge in [-0.25, -0.2) is 4.99 Å². The summed E-state index contributed by atoms with van der Waals surface area (Å²) in [5.74, 6) is 0.260. The van der Waals surface area contributed by atoms with Crippen molar-refractivity contribution in [2.24, 2.45) is 4.99 Å². The van der Waals surface area contributed by atoms with Crippen LogP contribution in [0.4, 0.5) is 11.4 Å². The van der Waals surface area contributed by atoms with Crippen LogP contribution < -0.4 is 4.90 Å². The van der Waals surface area contributed by atoms with Crippen molar-refractivity contribution >= 4 is 45.1 Å². The molecule has 1 aliphatic rings. The predicted molar refractivity (Wildman–Crippen MR) is 120 cm³/mol. The summed E-state index contributed by atoms with van der Waals surface area (Å²) in [6.07, 6.45) is 1.64. The Hall–Kier alpha value is -3.58. The molecule has 6 nitrogen and oxygen atoms in total. The molecule has 0 spiro atoms. The molecule has 0 N–H and O–H groups in total. The van der Waals surface area contributed by atoms with Crippen molar-refractivity contribution in [2.75, 3.05) is 4.90 Å². The Morgan fingerprint density at radius 2 is 1.77 bits per heavy atom. The van der Waals surface area contributed by atoms with Gasteiger partial charge in [0.1, 0.15) is 11.5 Å². The standard InChI is InChI=1S/C23H16BrN3O3/c1-15-5-4-6-18(13-15)26-22(19-7-2-3-8-20(19)24)25-21(23(26)28)14-16-9-11-17(12-10-16)27(29)30/h2-14H,1H3/b21-14+. The van der Waals surface area contributed by atoms with Crippen molar-refractivity contribution in [3.05, 3.63) is 110 Å². The first-order valence-electron chi connectivity index (χ1n) is 9.15. The largest absolute Gasteiger partial charge is 0.282 e. The summed E-state index contributed by atoms with van der Waals surface area (Å²) < 4.78 is 0.825. The molecule has 0 bridgehead atoms. The number of hydrogen-bond donors (Lipinski definition) is 0. The average Bonchev–Trinajstić information content (AvgIpc) is 3.04. The molecule has 1 amide bonds. The summed E-state index contributed by atoms with van der Waals surface area (Å²) in [4.78, 5) is 29.9. The normalized spacial score (nSPS) is 14.9. The first-order valence-corrected chi connectivity index (χ1v) is 9.94. The number of non-ortho nitro benzene ring substituents is 1. The number of nitro benzene ring substituents is 1. The van der Waals surface area contributed by atoms with Gasteiger partial charge >= 0.3 is 0 Å². The Kier molecular flexibility index (Phi) is 5.29. The summed E-state index contributed by atoms with van der Waals surface area (Å²) in [6, 6.07) is 21.2. The summed E-state index contributed by atoms with van der Waals surface area (Å²) >= 11 is 3.55. The maximum atomic E-state index is 13.3. The second kappa shape index (κ2) is 8.04. The van der Waals surface area contributed by atoms with E-state index in [1.165, 1.54) is 12.1 Å². The second-order valence-corrected chi connectivity index (χ2v) is 7.63. The van der Waals surface area contributed by atoms with Gasteiger partial charge < -0.3 is 0 Å². The number of rotatable bonds is 4. The molecule has 0 saturated heterocycles. The number of hydrogen-bond acceptors (Lipinski definition) is 4. The maximum absolute atomic E-state index is 13.3. The van der Waals surface area contributed by atoms with Crippen LogP contribution in [0.25, 0.3) is 6.08 Å². The molecule has 0 fully saturated rings. The molecule has 0 atom stereocenters. The maximum Gasteiger partial charge on any atom is 0.282 e. The number of nitro groups is 1. The highest BCUT2D eigenvalue weighted by molar-refractivity contribution is 9.10. The van der Waals surface area contributed by atoms with Crippen LogP contribution in [0.5, 0.6) is 0 Å². The SMILES string of the molecule is Cc1cccc(N2C(=O)/C(=C\c3ccc([N+](=O)[O-])cc3)N=C2c2ccccc2Br)c1. The van der Waals surface area contributed by atoms with Crippen LogP contribution in [0.3, 0.4) is 0 Å². The second-order valence-electron chi connectivity index (χ2n) is 6.77. The van der Waals surface area contributed by atoms with Gasteiger partial charge in [0.05, 0.1) is 10.6 Å². The number of nitrogens with zero attached hydrogens (tertiary/aromatic N) is 3. The topological polar surface area (TPSA) is 75.8 Å². The highest BCUT2D eigenvalue weighted by atomic mass is 79.9. The quantitative estimate of drug-likeness (QED) is 0.292. The van der Waals surface area contributed by atoms with Gasteiger partial charge in [-0.1, -0.05) is 46.3 Å². The van der Waals surface area contributed by atoms with Gasteiger partial charge in [0.2, 0.25) is 0 Å². The van der Waals surface area contributed by atoms with E-state index < -0.39 is 4.92 Å². The molecule has 0 aliphatic carbocycles. The van der Waals surface area contributed by atoms with Gasteiger partial charge in [0.15, 0.2) is 0 Å². The predicted octanol–water partition coefficient (Wildman–Crippen LogP) is 5.50. The zero-order valence-corrected chi connectivity index (χ0v) is 17.5. The lowest BCUT2D eigenvalue weighted by Crippen LogP contribution is -2.32. The lowest BCUT2D eigenvalue weighted by Gasteiger charge is -2.19. The summed E-state index contributed by atoms with van der Waals surface area (Å²) in [7, 11) is 0. The number of amides is 1. The van der Waals surface area contributed by atoms with Crippen LogP contribution in [0.2, 0.25) is 0 Å². The van der Waals surface area contributed by atoms with Crippen LogP contribution in [-0.4, -0.2) is 16.7 Å². The van der Waals surface area contributed by atoms with Gasteiger partial charge in [-0.3, -0.25) is 19.8 Å². The van der Waals surface area contributed by atoms with Crippen molar-refractivity contribution in [3.63, 3.8) is 0 Å². The monoisotopic (exact) mass is 461 g/mol. The molecule has 1 heterocycles. The van der Waals surface area contributed by atoms with E-state index in [0.29, 0.717) is 11.4 Å². The Labute approximate surface area is 181 Å². The van der Waals surface area contributed by atoms with Crippen molar-refractivity contribution in [2.45, 2.75) is 6.92 Å². The Bertz CT molecular complexity index is 1220. The van der Waals surface area contributed by atoms with E-state index in [1.807, 2.05) is 55.5 Å². The zero-order chi connectivity index (χ0) is 21.3. The van der Waals surface area contributed by atoms with Gasteiger partial charge in [0, 0.05) is 22.2 Å². The van der Waals surface area contributed by atoms with Crippen LogP contribution in [0.15, 0.2) is 88.0 Å². The van der Waals surface area contributed by atoms with Crippen LogP contribution in [0, 0.1) is 17.0 Å².